The number of hydrogen-bond acceptors (Lipinski definition) is 2. The Balaban J connectivity index is 2.36. The van der Waals surface area contributed by atoms with E-state index in [1.807, 2.05) is 7.11 Å². The van der Waals surface area contributed by atoms with Gasteiger partial charge in [-0.25, -0.2) is 0 Å². The second-order valence-electron chi connectivity index (χ2n) is 4.36. The van der Waals surface area contributed by atoms with E-state index in [2.05, 4.69) is 25.9 Å². The molecule has 0 bridgehead atoms. The average Bonchev–Trinajstić information content (AvgIpc) is 1.95. The molecule has 1 aliphatic rings. The van der Waals surface area contributed by atoms with Crippen LogP contribution in [0.3, 0.4) is 0 Å². The lowest BCUT2D eigenvalue weighted by atomic mass is 9.65. The fourth-order valence-corrected chi connectivity index (χ4v) is 2.27. The van der Waals surface area contributed by atoms with Crippen LogP contribution in [0.4, 0.5) is 0 Å². The van der Waals surface area contributed by atoms with Gasteiger partial charge in [0.1, 0.15) is 0 Å². The molecule has 0 N–H and O–H groups in total. The standard InChI is InChI=1S/C10H21NO/c1-5-10(8-11(2)3)6-9(7-10)12-4/h9H,5-8H2,1-4H3. The van der Waals surface area contributed by atoms with Crippen molar-refractivity contribution in [3.8, 4) is 0 Å². The maximum atomic E-state index is 5.31. The number of rotatable bonds is 4. The average molecular weight is 171 g/mol. The number of ether oxygens (including phenoxy) is 1. The van der Waals surface area contributed by atoms with Gasteiger partial charge in [-0.05, 0) is 38.8 Å². The minimum Gasteiger partial charge on any atom is -0.381 e. The number of nitrogens with zero attached hydrogens (tertiary/aromatic N) is 1. The van der Waals surface area contributed by atoms with E-state index >= 15 is 0 Å². The van der Waals surface area contributed by atoms with Crippen LogP contribution in [0.2, 0.25) is 0 Å². The van der Waals surface area contributed by atoms with Crippen molar-refractivity contribution in [3.63, 3.8) is 0 Å². The molecule has 1 fully saturated rings. The summed E-state index contributed by atoms with van der Waals surface area (Å²) in [5.41, 5.74) is 0.560. The van der Waals surface area contributed by atoms with Gasteiger partial charge in [0.15, 0.2) is 0 Å². The minimum atomic E-state index is 0.532. The molecule has 0 atom stereocenters. The summed E-state index contributed by atoms with van der Waals surface area (Å²) in [6.07, 6.45) is 4.31. The molecule has 0 aromatic carbocycles. The fourth-order valence-electron chi connectivity index (χ4n) is 2.27. The zero-order valence-corrected chi connectivity index (χ0v) is 8.76. The lowest BCUT2D eigenvalue weighted by molar-refractivity contribution is -0.0711. The maximum absolute atomic E-state index is 5.31. The van der Waals surface area contributed by atoms with E-state index in [1.54, 1.807) is 0 Å². The summed E-state index contributed by atoms with van der Waals surface area (Å²) in [6.45, 7) is 3.50. The first-order chi connectivity index (χ1) is 5.62. The Bertz CT molecular complexity index is 139. The normalized spacial score (nSPS) is 35.2. The molecular weight excluding hydrogens is 150 g/mol. The summed E-state index contributed by atoms with van der Waals surface area (Å²) in [6, 6.07) is 0. The Morgan fingerprint density at radius 2 is 2.00 bits per heavy atom. The summed E-state index contributed by atoms with van der Waals surface area (Å²) in [7, 11) is 6.12. The molecule has 0 aromatic heterocycles. The lowest BCUT2D eigenvalue weighted by Gasteiger charge is -2.48. The number of hydrogen-bond donors (Lipinski definition) is 0. The molecule has 1 saturated carbocycles. The second kappa shape index (κ2) is 3.75. The van der Waals surface area contributed by atoms with E-state index in [0.29, 0.717) is 11.5 Å². The molecule has 0 aromatic rings. The first-order valence-corrected chi connectivity index (χ1v) is 4.79. The molecule has 0 spiro atoms. The zero-order valence-electron chi connectivity index (χ0n) is 8.76. The van der Waals surface area contributed by atoms with Crippen LogP contribution in [-0.2, 0) is 4.74 Å². The van der Waals surface area contributed by atoms with Crippen LogP contribution < -0.4 is 0 Å². The van der Waals surface area contributed by atoms with Gasteiger partial charge in [-0.3, -0.25) is 0 Å². The third kappa shape index (κ3) is 1.99. The summed E-state index contributed by atoms with van der Waals surface area (Å²) in [4.78, 5) is 2.29. The molecule has 2 heteroatoms. The Hall–Kier alpha value is -0.0800. The summed E-state index contributed by atoms with van der Waals surface area (Å²) < 4.78 is 5.31. The first-order valence-electron chi connectivity index (χ1n) is 4.79. The smallest absolute Gasteiger partial charge is 0.0583 e. The Morgan fingerprint density at radius 3 is 2.33 bits per heavy atom. The molecule has 72 valence electrons. The molecule has 1 aliphatic carbocycles. The van der Waals surface area contributed by atoms with Gasteiger partial charge in [0.2, 0.25) is 0 Å². The van der Waals surface area contributed by atoms with Crippen molar-refractivity contribution in [3.05, 3.63) is 0 Å². The van der Waals surface area contributed by atoms with Crippen LogP contribution in [0.5, 0.6) is 0 Å². The molecule has 0 radical (unpaired) electrons. The van der Waals surface area contributed by atoms with Crippen molar-refractivity contribution in [2.24, 2.45) is 5.41 Å². The van der Waals surface area contributed by atoms with Crippen molar-refractivity contribution in [1.82, 2.24) is 4.90 Å². The van der Waals surface area contributed by atoms with Crippen molar-refractivity contribution in [2.75, 3.05) is 27.7 Å². The van der Waals surface area contributed by atoms with Gasteiger partial charge in [0.25, 0.3) is 0 Å². The monoisotopic (exact) mass is 171 g/mol. The molecule has 0 saturated heterocycles. The predicted octanol–water partition coefficient (Wildman–Crippen LogP) is 1.75. The minimum absolute atomic E-state index is 0.532. The predicted molar refractivity (Wildman–Crippen MR) is 51.3 cm³/mol. The van der Waals surface area contributed by atoms with Crippen molar-refractivity contribution >= 4 is 0 Å². The number of methoxy groups -OCH3 is 1. The quantitative estimate of drug-likeness (QED) is 0.639. The van der Waals surface area contributed by atoms with Gasteiger partial charge in [0, 0.05) is 13.7 Å². The maximum Gasteiger partial charge on any atom is 0.0583 e. The van der Waals surface area contributed by atoms with Crippen LogP contribution in [0, 0.1) is 5.41 Å². The van der Waals surface area contributed by atoms with E-state index in [1.165, 1.54) is 25.8 Å². The third-order valence-corrected chi connectivity index (χ3v) is 3.06. The second-order valence-corrected chi connectivity index (χ2v) is 4.36. The zero-order chi connectivity index (χ0) is 9.19. The van der Waals surface area contributed by atoms with Gasteiger partial charge >= 0.3 is 0 Å². The summed E-state index contributed by atoms with van der Waals surface area (Å²) in [5.74, 6) is 0. The molecular formula is C10H21NO. The van der Waals surface area contributed by atoms with Crippen LogP contribution in [0.15, 0.2) is 0 Å². The van der Waals surface area contributed by atoms with E-state index in [0.717, 1.165) is 0 Å². The Labute approximate surface area is 75.9 Å². The molecule has 0 unspecified atom stereocenters. The highest BCUT2D eigenvalue weighted by molar-refractivity contribution is 4.95. The fraction of sp³-hybridized carbons (Fsp3) is 1.00. The molecule has 2 nitrogen and oxygen atoms in total. The highest BCUT2D eigenvalue weighted by atomic mass is 16.5. The molecule has 0 aliphatic heterocycles. The van der Waals surface area contributed by atoms with E-state index in [9.17, 15) is 0 Å². The van der Waals surface area contributed by atoms with Gasteiger partial charge in [-0.1, -0.05) is 6.92 Å². The third-order valence-electron chi connectivity index (χ3n) is 3.06. The van der Waals surface area contributed by atoms with Crippen LogP contribution in [0.1, 0.15) is 26.2 Å². The van der Waals surface area contributed by atoms with E-state index in [4.69, 9.17) is 4.74 Å². The molecule has 12 heavy (non-hydrogen) atoms. The summed E-state index contributed by atoms with van der Waals surface area (Å²) in [5, 5.41) is 0. The van der Waals surface area contributed by atoms with Crippen molar-refractivity contribution in [1.29, 1.82) is 0 Å². The molecule has 1 rings (SSSR count). The van der Waals surface area contributed by atoms with Gasteiger partial charge < -0.3 is 9.64 Å². The first kappa shape index (κ1) is 10.0. The summed E-state index contributed by atoms with van der Waals surface area (Å²) >= 11 is 0. The van der Waals surface area contributed by atoms with Crippen LogP contribution in [-0.4, -0.2) is 38.8 Å². The molecule has 0 heterocycles. The topological polar surface area (TPSA) is 12.5 Å². The van der Waals surface area contributed by atoms with Crippen LogP contribution >= 0.6 is 0 Å². The SMILES string of the molecule is CCC1(CN(C)C)CC(OC)C1. The highest BCUT2D eigenvalue weighted by Gasteiger charge is 2.42. The van der Waals surface area contributed by atoms with Gasteiger partial charge in [-0.2, -0.15) is 0 Å². The van der Waals surface area contributed by atoms with Crippen LogP contribution in [0.25, 0.3) is 0 Å². The Morgan fingerprint density at radius 1 is 1.42 bits per heavy atom. The largest absolute Gasteiger partial charge is 0.381 e. The van der Waals surface area contributed by atoms with Gasteiger partial charge in [0.05, 0.1) is 6.10 Å². The molecule has 0 amide bonds. The van der Waals surface area contributed by atoms with E-state index in [-0.39, 0.29) is 0 Å². The van der Waals surface area contributed by atoms with E-state index < -0.39 is 0 Å². The van der Waals surface area contributed by atoms with Crippen molar-refractivity contribution < 1.29 is 4.74 Å². The lowest BCUT2D eigenvalue weighted by Crippen LogP contribution is -2.47. The van der Waals surface area contributed by atoms with Gasteiger partial charge in [-0.15, -0.1) is 0 Å². The highest BCUT2D eigenvalue weighted by Crippen LogP contribution is 2.45. The van der Waals surface area contributed by atoms with Crippen molar-refractivity contribution in [2.45, 2.75) is 32.3 Å². The Kier molecular flexibility index (Phi) is 3.13.